The van der Waals surface area contributed by atoms with Gasteiger partial charge in [0, 0.05) is 6.04 Å². The van der Waals surface area contributed by atoms with E-state index in [0.717, 1.165) is 23.5 Å². The number of ether oxygens (including phenoxy) is 2. The molecule has 7 nitrogen and oxygen atoms in total. The van der Waals surface area contributed by atoms with Crippen LogP contribution in [-0.4, -0.2) is 23.4 Å². The Kier molecular flexibility index (Phi) is 4.39. The number of furan rings is 1. The highest BCUT2D eigenvalue weighted by molar-refractivity contribution is 5.45. The van der Waals surface area contributed by atoms with Crippen LogP contribution in [0.5, 0.6) is 11.5 Å². The maximum absolute atomic E-state index is 5.66. The summed E-state index contributed by atoms with van der Waals surface area (Å²) in [5.41, 5.74) is 1.14. The van der Waals surface area contributed by atoms with Crippen molar-refractivity contribution in [2.24, 2.45) is 0 Å². The molecule has 3 heterocycles. The van der Waals surface area contributed by atoms with E-state index in [4.69, 9.17) is 18.4 Å². The van der Waals surface area contributed by atoms with Gasteiger partial charge in [0.2, 0.25) is 11.7 Å². The van der Waals surface area contributed by atoms with Gasteiger partial charge in [0.1, 0.15) is 13.2 Å². The van der Waals surface area contributed by atoms with Gasteiger partial charge in [-0.05, 0) is 36.2 Å². The molecule has 0 unspecified atom stereocenters. The van der Waals surface area contributed by atoms with Gasteiger partial charge < -0.3 is 23.7 Å². The quantitative estimate of drug-likeness (QED) is 0.736. The van der Waals surface area contributed by atoms with Crippen molar-refractivity contribution in [3.63, 3.8) is 0 Å². The minimum atomic E-state index is 0.148. The fraction of sp³-hybridized carbons (Fsp3) is 0.333. The standard InChI is InChI=1S/C18H19N3O4/c1-2-13(12-5-6-14-16(10-12)24-9-8-23-14)19-11-17-20-18(21-25-17)15-4-3-7-22-15/h3-7,10,13,19H,2,8-9,11H2,1H3/t13-/m1/s1. The second-order valence-electron chi connectivity index (χ2n) is 5.73. The molecule has 1 aromatic carbocycles. The van der Waals surface area contributed by atoms with E-state index >= 15 is 0 Å². The minimum absolute atomic E-state index is 0.148. The van der Waals surface area contributed by atoms with Crippen LogP contribution in [0.2, 0.25) is 0 Å². The van der Waals surface area contributed by atoms with Crippen molar-refractivity contribution in [2.75, 3.05) is 13.2 Å². The summed E-state index contributed by atoms with van der Waals surface area (Å²) in [6, 6.07) is 9.77. The highest BCUT2D eigenvalue weighted by Gasteiger charge is 2.17. The predicted molar refractivity (Wildman–Crippen MR) is 89.3 cm³/mol. The Balaban J connectivity index is 1.44. The summed E-state index contributed by atoms with van der Waals surface area (Å²) >= 11 is 0. The summed E-state index contributed by atoms with van der Waals surface area (Å²) in [5.74, 6) is 3.15. The van der Waals surface area contributed by atoms with Crippen molar-refractivity contribution < 1.29 is 18.4 Å². The van der Waals surface area contributed by atoms with Crippen LogP contribution in [0, 0.1) is 0 Å². The van der Waals surface area contributed by atoms with Crippen molar-refractivity contribution in [1.82, 2.24) is 15.5 Å². The molecule has 1 N–H and O–H groups in total. The first kappa shape index (κ1) is 15.7. The third kappa shape index (κ3) is 3.36. The van der Waals surface area contributed by atoms with Gasteiger partial charge in [0.15, 0.2) is 17.3 Å². The van der Waals surface area contributed by atoms with E-state index < -0.39 is 0 Å². The average molecular weight is 341 g/mol. The molecule has 1 aliphatic rings. The van der Waals surface area contributed by atoms with Crippen molar-refractivity contribution in [3.05, 3.63) is 48.0 Å². The lowest BCUT2D eigenvalue weighted by Crippen LogP contribution is -2.21. The van der Waals surface area contributed by atoms with Crippen LogP contribution in [0.4, 0.5) is 0 Å². The highest BCUT2D eigenvalue weighted by Crippen LogP contribution is 2.33. The average Bonchev–Trinajstić information content (AvgIpc) is 3.33. The molecule has 0 radical (unpaired) electrons. The summed E-state index contributed by atoms with van der Waals surface area (Å²) in [7, 11) is 0. The van der Waals surface area contributed by atoms with Crippen molar-refractivity contribution in [3.8, 4) is 23.1 Å². The number of fused-ring (bicyclic) bond motifs is 1. The topological polar surface area (TPSA) is 82.6 Å². The van der Waals surface area contributed by atoms with Gasteiger partial charge in [0.25, 0.3) is 0 Å². The minimum Gasteiger partial charge on any atom is -0.486 e. The van der Waals surface area contributed by atoms with Gasteiger partial charge in [-0.15, -0.1) is 0 Å². The van der Waals surface area contributed by atoms with Crippen LogP contribution < -0.4 is 14.8 Å². The predicted octanol–water partition coefficient (Wildman–Crippen LogP) is 3.34. The lowest BCUT2D eigenvalue weighted by molar-refractivity contribution is 0.171. The maximum Gasteiger partial charge on any atom is 0.241 e. The monoisotopic (exact) mass is 341 g/mol. The second-order valence-corrected chi connectivity index (χ2v) is 5.73. The van der Waals surface area contributed by atoms with E-state index in [1.807, 2.05) is 12.1 Å². The van der Waals surface area contributed by atoms with Gasteiger partial charge >= 0.3 is 0 Å². The fourth-order valence-electron chi connectivity index (χ4n) is 2.82. The Morgan fingerprint density at radius 1 is 1.16 bits per heavy atom. The molecule has 0 saturated heterocycles. The zero-order valence-corrected chi connectivity index (χ0v) is 13.9. The van der Waals surface area contributed by atoms with Gasteiger partial charge in [-0.2, -0.15) is 4.98 Å². The molecule has 0 amide bonds. The Labute approximate surface area is 144 Å². The van der Waals surface area contributed by atoms with Gasteiger partial charge in [-0.1, -0.05) is 18.1 Å². The van der Waals surface area contributed by atoms with E-state index in [-0.39, 0.29) is 6.04 Å². The molecule has 3 aromatic rings. The molecule has 4 rings (SSSR count). The SMILES string of the molecule is CC[C@@H](NCc1nc(-c2ccco2)no1)c1ccc2c(c1)OCCO2. The molecule has 0 spiro atoms. The van der Waals surface area contributed by atoms with Crippen LogP contribution in [0.3, 0.4) is 0 Å². The van der Waals surface area contributed by atoms with Crippen LogP contribution in [0.1, 0.15) is 30.8 Å². The zero-order valence-electron chi connectivity index (χ0n) is 13.9. The third-order valence-corrected chi connectivity index (χ3v) is 4.09. The first-order chi connectivity index (χ1) is 12.3. The molecule has 25 heavy (non-hydrogen) atoms. The second kappa shape index (κ2) is 6.98. The number of aromatic nitrogens is 2. The highest BCUT2D eigenvalue weighted by atomic mass is 16.6. The van der Waals surface area contributed by atoms with E-state index in [1.165, 1.54) is 0 Å². The molecule has 2 aromatic heterocycles. The Morgan fingerprint density at radius 3 is 2.84 bits per heavy atom. The maximum atomic E-state index is 5.66. The molecule has 0 aliphatic carbocycles. The van der Waals surface area contributed by atoms with Crippen molar-refractivity contribution >= 4 is 0 Å². The van der Waals surface area contributed by atoms with Crippen LogP contribution in [0.25, 0.3) is 11.6 Å². The molecule has 1 aliphatic heterocycles. The first-order valence-electron chi connectivity index (χ1n) is 8.33. The zero-order chi connectivity index (χ0) is 17.1. The number of hydrogen-bond donors (Lipinski definition) is 1. The number of rotatable bonds is 6. The lowest BCUT2D eigenvalue weighted by atomic mass is 10.0. The largest absolute Gasteiger partial charge is 0.486 e. The number of hydrogen-bond acceptors (Lipinski definition) is 7. The van der Waals surface area contributed by atoms with Crippen molar-refractivity contribution in [1.29, 1.82) is 0 Å². The molecule has 1 atom stereocenters. The van der Waals surface area contributed by atoms with Crippen molar-refractivity contribution in [2.45, 2.75) is 25.9 Å². The number of benzene rings is 1. The van der Waals surface area contributed by atoms with Gasteiger partial charge in [-0.3, -0.25) is 0 Å². The Bertz CT molecular complexity index is 829. The first-order valence-corrected chi connectivity index (χ1v) is 8.33. The molecule has 0 fully saturated rings. The van der Waals surface area contributed by atoms with E-state index in [1.54, 1.807) is 18.4 Å². The summed E-state index contributed by atoms with van der Waals surface area (Å²) < 4.78 is 21.8. The van der Waals surface area contributed by atoms with E-state index in [9.17, 15) is 0 Å². The molecule has 130 valence electrons. The molecule has 0 saturated carbocycles. The van der Waals surface area contributed by atoms with E-state index in [2.05, 4.69) is 28.4 Å². The number of nitrogens with one attached hydrogen (secondary N) is 1. The Hall–Kier alpha value is -2.80. The summed E-state index contributed by atoms with van der Waals surface area (Å²) in [4.78, 5) is 4.34. The molecule has 0 bridgehead atoms. The molecular formula is C18H19N3O4. The van der Waals surface area contributed by atoms with E-state index in [0.29, 0.717) is 37.2 Å². The Morgan fingerprint density at radius 2 is 2.04 bits per heavy atom. The summed E-state index contributed by atoms with van der Waals surface area (Å²) in [6.45, 7) is 3.77. The lowest BCUT2D eigenvalue weighted by Gasteiger charge is -2.22. The molecule has 7 heteroatoms. The third-order valence-electron chi connectivity index (χ3n) is 4.09. The van der Waals surface area contributed by atoms with Gasteiger partial charge in [-0.25, -0.2) is 0 Å². The molecular weight excluding hydrogens is 322 g/mol. The normalized spacial score (nSPS) is 14.4. The smallest absolute Gasteiger partial charge is 0.241 e. The fourth-order valence-corrected chi connectivity index (χ4v) is 2.82. The van der Waals surface area contributed by atoms with Crippen LogP contribution in [0.15, 0.2) is 45.5 Å². The van der Waals surface area contributed by atoms with Gasteiger partial charge in [0.05, 0.1) is 12.8 Å². The van der Waals surface area contributed by atoms with Crippen LogP contribution >= 0.6 is 0 Å². The van der Waals surface area contributed by atoms with Crippen LogP contribution in [-0.2, 0) is 6.54 Å². The summed E-state index contributed by atoms with van der Waals surface area (Å²) in [6.07, 6.45) is 2.50. The number of nitrogens with zero attached hydrogens (tertiary/aromatic N) is 2. The summed E-state index contributed by atoms with van der Waals surface area (Å²) in [5, 5.41) is 7.38.